The number of nitrogen functional groups attached to an aromatic ring is 1. The summed E-state index contributed by atoms with van der Waals surface area (Å²) in [4.78, 5) is 0. The van der Waals surface area contributed by atoms with E-state index in [-0.39, 0.29) is 5.69 Å². The molecule has 3 nitrogen and oxygen atoms in total. The molecule has 0 heterocycles. The standard InChI is InChI=1S/C15H16F2N2O/c1-2-6-20-12-8-10(18)7-11(9-12)19-15-13(16)4-3-5-14(15)17/h3-5,7-9,19H,2,6,18H2,1H3. The first-order valence-electron chi connectivity index (χ1n) is 6.34. The second kappa shape index (κ2) is 6.23. The van der Waals surface area contributed by atoms with Crippen LogP contribution in [0.2, 0.25) is 0 Å². The SMILES string of the molecule is CCCOc1cc(N)cc(Nc2c(F)cccc2F)c1. The third kappa shape index (κ3) is 3.38. The van der Waals surface area contributed by atoms with Crippen molar-refractivity contribution in [2.24, 2.45) is 0 Å². The molecule has 3 N–H and O–H groups in total. The fraction of sp³-hybridized carbons (Fsp3) is 0.200. The average molecular weight is 278 g/mol. The van der Waals surface area contributed by atoms with Crippen molar-refractivity contribution in [2.45, 2.75) is 13.3 Å². The van der Waals surface area contributed by atoms with Crippen LogP contribution in [0.3, 0.4) is 0 Å². The second-order valence-electron chi connectivity index (χ2n) is 4.36. The van der Waals surface area contributed by atoms with Crippen LogP contribution in [0.25, 0.3) is 0 Å². The first-order chi connectivity index (χ1) is 9.60. The highest BCUT2D eigenvalue weighted by atomic mass is 19.1. The van der Waals surface area contributed by atoms with Crippen LogP contribution < -0.4 is 15.8 Å². The molecule has 0 radical (unpaired) electrons. The number of hydrogen-bond acceptors (Lipinski definition) is 3. The van der Waals surface area contributed by atoms with Gasteiger partial charge in [-0.05, 0) is 24.6 Å². The minimum Gasteiger partial charge on any atom is -0.493 e. The van der Waals surface area contributed by atoms with E-state index in [0.29, 0.717) is 23.7 Å². The zero-order valence-electron chi connectivity index (χ0n) is 11.1. The zero-order chi connectivity index (χ0) is 14.5. The van der Waals surface area contributed by atoms with Gasteiger partial charge in [0.1, 0.15) is 23.1 Å². The van der Waals surface area contributed by atoms with Crippen molar-refractivity contribution < 1.29 is 13.5 Å². The lowest BCUT2D eigenvalue weighted by molar-refractivity contribution is 0.318. The number of nitrogens with one attached hydrogen (secondary N) is 1. The van der Waals surface area contributed by atoms with E-state index in [1.165, 1.54) is 18.2 Å². The quantitative estimate of drug-likeness (QED) is 0.810. The first kappa shape index (κ1) is 14.1. The fourth-order valence-corrected chi connectivity index (χ4v) is 1.76. The predicted molar refractivity (Wildman–Crippen MR) is 76.3 cm³/mol. The molecule has 0 aliphatic rings. The van der Waals surface area contributed by atoms with Crippen LogP contribution in [0.4, 0.5) is 25.8 Å². The Morgan fingerprint density at radius 1 is 1.15 bits per heavy atom. The molecule has 106 valence electrons. The van der Waals surface area contributed by atoms with Gasteiger partial charge >= 0.3 is 0 Å². The van der Waals surface area contributed by atoms with Crippen molar-refractivity contribution in [3.8, 4) is 5.75 Å². The van der Waals surface area contributed by atoms with E-state index >= 15 is 0 Å². The summed E-state index contributed by atoms with van der Waals surface area (Å²) >= 11 is 0. The monoisotopic (exact) mass is 278 g/mol. The van der Waals surface area contributed by atoms with Crippen LogP contribution in [0, 0.1) is 11.6 Å². The Labute approximate surface area is 116 Å². The molecule has 2 rings (SSSR count). The van der Waals surface area contributed by atoms with Gasteiger partial charge in [-0.25, -0.2) is 8.78 Å². The lowest BCUT2D eigenvalue weighted by Gasteiger charge is -2.12. The highest BCUT2D eigenvalue weighted by Crippen LogP contribution is 2.28. The van der Waals surface area contributed by atoms with Crippen molar-refractivity contribution in [3.63, 3.8) is 0 Å². The number of anilines is 3. The predicted octanol–water partition coefficient (Wildman–Crippen LogP) is 4.08. The zero-order valence-corrected chi connectivity index (χ0v) is 11.1. The van der Waals surface area contributed by atoms with E-state index in [1.54, 1.807) is 18.2 Å². The molecule has 0 aliphatic heterocycles. The molecule has 0 aromatic heterocycles. The summed E-state index contributed by atoms with van der Waals surface area (Å²) in [6, 6.07) is 8.59. The molecular weight excluding hydrogens is 262 g/mol. The van der Waals surface area contributed by atoms with E-state index < -0.39 is 11.6 Å². The van der Waals surface area contributed by atoms with Crippen molar-refractivity contribution in [1.82, 2.24) is 0 Å². The molecule has 2 aromatic rings. The van der Waals surface area contributed by atoms with E-state index in [4.69, 9.17) is 10.5 Å². The largest absolute Gasteiger partial charge is 0.493 e. The topological polar surface area (TPSA) is 47.3 Å². The van der Waals surface area contributed by atoms with Crippen LogP contribution in [-0.4, -0.2) is 6.61 Å². The Hall–Kier alpha value is -2.30. The number of halogens is 2. The Bertz CT molecular complexity index is 582. The summed E-state index contributed by atoms with van der Waals surface area (Å²) in [6.45, 7) is 2.54. The Morgan fingerprint density at radius 2 is 1.85 bits per heavy atom. The summed E-state index contributed by atoms with van der Waals surface area (Å²) < 4.78 is 32.6. The average Bonchev–Trinajstić information content (AvgIpc) is 2.40. The first-order valence-corrected chi connectivity index (χ1v) is 6.34. The van der Waals surface area contributed by atoms with Crippen molar-refractivity contribution in [2.75, 3.05) is 17.7 Å². The maximum absolute atomic E-state index is 13.6. The molecule has 0 atom stereocenters. The molecule has 0 saturated heterocycles. The fourth-order valence-electron chi connectivity index (χ4n) is 1.76. The van der Waals surface area contributed by atoms with E-state index in [1.807, 2.05) is 6.92 Å². The number of rotatable bonds is 5. The van der Waals surface area contributed by atoms with Crippen LogP contribution >= 0.6 is 0 Å². The molecule has 0 aliphatic carbocycles. The van der Waals surface area contributed by atoms with Gasteiger partial charge in [-0.15, -0.1) is 0 Å². The van der Waals surface area contributed by atoms with Gasteiger partial charge in [0, 0.05) is 23.5 Å². The number of ether oxygens (including phenoxy) is 1. The molecule has 2 aromatic carbocycles. The number of nitrogens with two attached hydrogens (primary N) is 1. The number of benzene rings is 2. The molecule has 0 bridgehead atoms. The summed E-state index contributed by atoms with van der Waals surface area (Å²) in [7, 11) is 0. The summed E-state index contributed by atoms with van der Waals surface area (Å²) in [6.07, 6.45) is 0.861. The van der Waals surface area contributed by atoms with E-state index in [9.17, 15) is 8.78 Å². The molecule has 0 unspecified atom stereocenters. The molecular formula is C15H16F2N2O. The molecule has 20 heavy (non-hydrogen) atoms. The number of hydrogen-bond donors (Lipinski definition) is 2. The van der Waals surface area contributed by atoms with Gasteiger partial charge in [-0.3, -0.25) is 0 Å². The Morgan fingerprint density at radius 3 is 2.50 bits per heavy atom. The van der Waals surface area contributed by atoms with Crippen LogP contribution in [-0.2, 0) is 0 Å². The molecule has 0 spiro atoms. The van der Waals surface area contributed by atoms with Crippen molar-refractivity contribution >= 4 is 17.1 Å². The molecule has 0 fully saturated rings. The van der Waals surface area contributed by atoms with Gasteiger partial charge in [-0.1, -0.05) is 13.0 Å². The Kier molecular flexibility index (Phi) is 4.40. The van der Waals surface area contributed by atoms with Crippen LogP contribution in [0.1, 0.15) is 13.3 Å². The smallest absolute Gasteiger partial charge is 0.149 e. The van der Waals surface area contributed by atoms with Gasteiger partial charge in [0.25, 0.3) is 0 Å². The lowest BCUT2D eigenvalue weighted by atomic mass is 10.2. The number of para-hydroxylation sites is 1. The van der Waals surface area contributed by atoms with Gasteiger partial charge in [-0.2, -0.15) is 0 Å². The van der Waals surface area contributed by atoms with Crippen LogP contribution in [0.15, 0.2) is 36.4 Å². The summed E-state index contributed by atoms with van der Waals surface area (Å²) in [5.41, 5.74) is 6.47. The summed E-state index contributed by atoms with van der Waals surface area (Å²) in [5.74, 6) is -0.766. The molecule has 5 heteroatoms. The van der Waals surface area contributed by atoms with Crippen LogP contribution in [0.5, 0.6) is 5.75 Å². The van der Waals surface area contributed by atoms with Gasteiger partial charge in [0.05, 0.1) is 6.61 Å². The highest BCUT2D eigenvalue weighted by Gasteiger charge is 2.09. The van der Waals surface area contributed by atoms with E-state index in [0.717, 1.165) is 6.42 Å². The van der Waals surface area contributed by atoms with E-state index in [2.05, 4.69) is 5.32 Å². The van der Waals surface area contributed by atoms with Gasteiger partial charge < -0.3 is 15.8 Å². The maximum atomic E-state index is 13.6. The maximum Gasteiger partial charge on any atom is 0.149 e. The lowest BCUT2D eigenvalue weighted by Crippen LogP contribution is -2.00. The summed E-state index contributed by atoms with van der Waals surface area (Å²) in [5, 5.41) is 2.69. The minimum atomic E-state index is -0.663. The molecule has 0 amide bonds. The van der Waals surface area contributed by atoms with Crippen molar-refractivity contribution in [3.05, 3.63) is 48.0 Å². The van der Waals surface area contributed by atoms with Gasteiger partial charge in [0.2, 0.25) is 0 Å². The highest BCUT2D eigenvalue weighted by molar-refractivity contribution is 5.66. The van der Waals surface area contributed by atoms with Crippen molar-refractivity contribution in [1.29, 1.82) is 0 Å². The third-order valence-electron chi connectivity index (χ3n) is 2.63. The second-order valence-corrected chi connectivity index (χ2v) is 4.36. The third-order valence-corrected chi connectivity index (χ3v) is 2.63. The Balaban J connectivity index is 2.27. The molecule has 0 saturated carbocycles. The minimum absolute atomic E-state index is 0.209. The van der Waals surface area contributed by atoms with Gasteiger partial charge in [0.15, 0.2) is 0 Å². The normalized spacial score (nSPS) is 10.3.